The van der Waals surface area contributed by atoms with Gasteiger partial charge in [0.15, 0.2) is 0 Å². The van der Waals surface area contributed by atoms with Gasteiger partial charge in [-0.2, -0.15) is 0 Å². The first-order valence-corrected chi connectivity index (χ1v) is 6.53. The second-order valence-corrected chi connectivity index (χ2v) is 4.34. The number of hydrogen-bond acceptors (Lipinski definition) is 6. The van der Waals surface area contributed by atoms with Crippen molar-refractivity contribution in [1.82, 2.24) is 15.0 Å². The van der Waals surface area contributed by atoms with Gasteiger partial charge in [-0.25, -0.2) is 9.97 Å². The highest BCUT2D eigenvalue weighted by molar-refractivity contribution is 5.41. The maximum absolute atomic E-state index is 5.61. The smallest absolute Gasteiger partial charge is 0.218 e. The molecule has 0 saturated carbocycles. The number of ether oxygens (including phenoxy) is 1. The van der Waals surface area contributed by atoms with Crippen LogP contribution < -0.4 is 15.4 Å². The molecule has 0 aliphatic heterocycles. The molecule has 0 aromatic carbocycles. The summed E-state index contributed by atoms with van der Waals surface area (Å²) in [5.74, 6) is 1.38. The van der Waals surface area contributed by atoms with Gasteiger partial charge in [-0.1, -0.05) is 6.07 Å². The molecule has 0 atom stereocenters. The van der Waals surface area contributed by atoms with Gasteiger partial charge in [0.05, 0.1) is 7.11 Å². The first-order valence-electron chi connectivity index (χ1n) is 6.53. The molecule has 2 aromatic rings. The molecule has 0 aliphatic carbocycles. The SMILES string of the molecule is COc1cc(N(CCCN)Cc2cccnc2)ncn1. The number of rotatable bonds is 7. The van der Waals surface area contributed by atoms with Crippen LogP contribution >= 0.6 is 0 Å². The van der Waals surface area contributed by atoms with E-state index in [4.69, 9.17) is 10.5 Å². The standard InChI is InChI=1S/C14H19N5O/c1-20-14-8-13(17-11-18-14)19(7-3-5-15)10-12-4-2-6-16-9-12/h2,4,6,8-9,11H,3,5,7,10,15H2,1H3. The largest absolute Gasteiger partial charge is 0.481 e. The molecule has 0 saturated heterocycles. The normalized spacial score (nSPS) is 10.3. The predicted octanol–water partition coefficient (Wildman–Crippen LogP) is 1.24. The quantitative estimate of drug-likeness (QED) is 0.817. The van der Waals surface area contributed by atoms with Gasteiger partial charge >= 0.3 is 0 Å². The van der Waals surface area contributed by atoms with Crippen LogP contribution in [0.3, 0.4) is 0 Å². The van der Waals surface area contributed by atoms with Crippen LogP contribution in [0.25, 0.3) is 0 Å². The second kappa shape index (κ2) is 7.40. The molecule has 0 spiro atoms. The summed E-state index contributed by atoms with van der Waals surface area (Å²) in [7, 11) is 1.59. The van der Waals surface area contributed by atoms with E-state index in [0.717, 1.165) is 30.9 Å². The summed E-state index contributed by atoms with van der Waals surface area (Å²) in [5.41, 5.74) is 6.73. The average Bonchev–Trinajstić information content (AvgIpc) is 2.52. The first-order chi connectivity index (χ1) is 9.83. The van der Waals surface area contributed by atoms with Crippen LogP contribution in [0, 0.1) is 0 Å². The summed E-state index contributed by atoms with van der Waals surface area (Å²) >= 11 is 0. The van der Waals surface area contributed by atoms with Gasteiger partial charge in [0.2, 0.25) is 5.88 Å². The summed E-state index contributed by atoms with van der Waals surface area (Å²) in [6, 6.07) is 5.80. The van der Waals surface area contributed by atoms with Crippen molar-refractivity contribution in [2.24, 2.45) is 5.73 Å². The number of nitrogens with zero attached hydrogens (tertiary/aromatic N) is 4. The maximum Gasteiger partial charge on any atom is 0.218 e. The van der Waals surface area contributed by atoms with E-state index in [1.54, 1.807) is 13.3 Å². The highest BCUT2D eigenvalue weighted by atomic mass is 16.5. The van der Waals surface area contributed by atoms with Crippen LogP contribution in [0.15, 0.2) is 36.9 Å². The molecule has 2 N–H and O–H groups in total. The number of aromatic nitrogens is 3. The summed E-state index contributed by atoms with van der Waals surface area (Å²) in [4.78, 5) is 14.6. The Morgan fingerprint density at radius 2 is 2.25 bits per heavy atom. The van der Waals surface area contributed by atoms with Crippen molar-refractivity contribution in [2.45, 2.75) is 13.0 Å². The number of methoxy groups -OCH3 is 1. The van der Waals surface area contributed by atoms with Crippen LogP contribution in [0.5, 0.6) is 5.88 Å². The Bertz CT molecular complexity index is 520. The van der Waals surface area contributed by atoms with E-state index in [-0.39, 0.29) is 0 Å². The molecule has 0 fully saturated rings. The van der Waals surface area contributed by atoms with E-state index in [2.05, 4.69) is 19.9 Å². The van der Waals surface area contributed by atoms with E-state index in [9.17, 15) is 0 Å². The highest BCUT2D eigenvalue weighted by Gasteiger charge is 2.10. The van der Waals surface area contributed by atoms with Gasteiger partial charge in [0.25, 0.3) is 0 Å². The van der Waals surface area contributed by atoms with Crippen molar-refractivity contribution in [2.75, 3.05) is 25.1 Å². The molecule has 0 bridgehead atoms. The molecule has 2 aromatic heterocycles. The lowest BCUT2D eigenvalue weighted by Gasteiger charge is -2.23. The molecular weight excluding hydrogens is 254 g/mol. The lowest BCUT2D eigenvalue weighted by Crippen LogP contribution is -2.26. The molecule has 0 unspecified atom stereocenters. The predicted molar refractivity (Wildman–Crippen MR) is 77.5 cm³/mol. The highest BCUT2D eigenvalue weighted by Crippen LogP contribution is 2.18. The Morgan fingerprint density at radius 1 is 1.35 bits per heavy atom. The van der Waals surface area contributed by atoms with Crippen molar-refractivity contribution in [3.05, 3.63) is 42.5 Å². The Morgan fingerprint density at radius 3 is 2.95 bits per heavy atom. The van der Waals surface area contributed by atoms with E-state index in [1.807, 2.05) is 24.4 Å². The van der Waals surface area contributed by atoms with Gasteiger partial charge in [-0.05, 0) is 24.6 Å². The van der Waals surface area contributed by atoms with Crippen molar-refractivity contribution >= 4 is 5.82 Å². The van der Waals surface area contributed by atoms with E-state index < -0.39 is 0 Å². The van der Waals surface area contributed by atoms with E-state index in [1.165, 1.54) is 6.33 Å². The zero-order chi connectivity index (χ0) is 14.2. The third kappa shape index (κ3) is 3.89. The van der Waals surface area contributed by atoms with Crippen LogP contribution in [0.1, 0.15) is 12.0 Å². The molecule has 6 nitrogen and oxygen atoms in total. The van der Waals surface area contributed by atoms with Crippen LogP contribution in [-0.4, -0.2) is 35.2 Å². The molecule has 2 heterocycles. The second-order valence-electron chi connectivity index (χ2n) is 4.34. The monoisotopic (exact) mass is 273 g/mol. The number of pyridine rings is 1. The fourth-order valence-corrected chi connectivity index (χ4v) is 1.88. The molecule has 106 valence electrons. The fourth-order valence-electron chi connectivity index (χ4n) is 1.88. The van der Waals surface area contributed by atoms with E-state index >= 15 is 0 Å². The Kier molecular flexibility index (Phi) is 5.25. The lowest BCUT2D eigenvalue weighted by molar-refractivity contribution is 0.396. The Balaban J connectivity index is 2.17. The average molecular weight is 273 g/mol. The minimum Gasteiger partial charge on any atom is -0.481 e. The number of nitrogens with two attached hydrogens (primary N) is 1. The molecule has 0 radical (unpaired) electrons. The van der Waals surface area contributed by atoms with Gasteiger partial charge in [-0.3, -0.25) is 4.98 Å². The molecule has 0 aliphatic rings. The molecule has 6 heteroatoms. The summed E-state index contributed by atoms with van der Waals surface area (Å²) in [6.45, 7) is 2.20. The third-order valence-corrected chi connectivity index (χ3v) is 2.89. The van der Waals surface area contributed by atoms with Crippen LogP contribution in [0.2, 0.25) is 0 Å². The van der Waals surface area contributed by atoms with Gasteiger partial charge < -0.3 is 15.4 Å². The third-order valence-electron chi connectivity index (χ3n) is 2.89. The summed E-state index contributed by atoms with van der Waals surface area (Å²) in [5, 5.41) is 0. The topological polar surface area (TPSA) is 77.2 Å². The molecule has 20 heavy (non-hydrogen) atoms. The zero-order valence-electron chi connectivity index (χ0n) is 11.6. The Hall–Kier alpha value is -2.21. The van der Waals surface area contributed by atoms with Gasteiger partial charge in [0, 0.05) is 31.5 Å². The number of anilines is 1. The Labute approximate surface area is 118 Å². The van der Waals surface area contributed by atoms with Crippen LogP contribution in [-0.2, 0) is 6.54 Å². The summed E-state index contributed by atoms with van der Waals surface area (Å²) in [6.07, 6.45) is 6.02. The maximum atomic E-state index is 5.61. The minimum atomic E-state index is 0.555. The zero-order valence-corrected chi connectivity index (χ0v) is 11.6. The van der Waals surface area contributed by atoms with Crippen molar-refractivity contribution in [3.63, 3.8) is 0 Å². The fraction of sp³-hybridized carbons (Fsp3) is 0.357. The van der Waals surface area contributed by atoms with Gasteiger partial charge in [-0.15, -0.1) is 0 Å². The molecule has 0 amide bonds. The lowest BCUT2D eigenvalue weighted by atomic mass is 10.2. The first kappa shape index (κ1) is 14.2. The van der Waals surface area contributed by atoms with Crippen molar-refractivity contribution in [3.8, 4) is 5.88 Å². The number of hydrogen-bond donors (Lipinski definition) is 1. The van der Waals surface area contributed by atoms with Crippen LogP contribution in [0.4, 0.5) is 5.82 Å². The minimum absolute atomic E-state index is 0.555. The van der Waals surface area contributed by atoms with Gasteiger partial charge in [0.1, 0.15) is 12.1 Å². The summed E-state index contributed by atoms with van der Waals surface area (Å²) < 4.78 is 5.14. The molecular formula is C14H19N5O. The van der Waals surface area contributed by atoms with E-state index in [0.29, 0.717) is 12.4 Å². The van der Waals surface area contributed by atoms with Crippen molar-refractivity contribution in [1.29, 1.82) is 0 Å². The van der Waals surface area contributed by atoms with Crippen molar-refractivity contribution < 1.29 is 4.74 Å². The molecule has 2 rings (SSSR count).